The highest BCUT2D eigenvalue weighted by atomic mass is 31.2. The number of amides is 1. The molecule has 3 unspecified atom stereocenters. The molecule has 318 valence electrons. The highest BCUT2D eigenvalue weighted by Crippen LogP contribution is 2.38. The summed E-state index contributed by atoms with van der Waals surface area (Å²) in [5.74, 6) is -0.187. The number of rotatable bonds is 42. The van der Waals surface area contributed by atoms with E-state index in [2.05, 4.69) is 19.2 Å². The van der Waals surface area contributed by atoms with Crippen molar-refractivity contribution in [3.8, 4) is 0 Å². The van der Waals surface area contributed by atoms with Gasteiger partial charge in [-0.25, -0.2) is 0 Å². The van der Waals surface area contributed by atoms with E-state index < -0.39 is 20.0 Å². The molecule has 0 bridgehead atoms. The molecule has 0 fully saturated rings. The molecule has 53 heavy (non-hydrogen) atoms. The van der Waals surface area contributed by atoms with E-state index in [1.165, 1.54) is 161 Å². The Hall–Kier alpha value is -0.500. The van der Waals surface area contributed by atoms with Gasteiger partial charge in [0.05, 0.1) is 39.9 Å². The summed E-state index contributed by atoms with van der Waals surface area (Å²) < 4.78 is 23.0. The number of aliphatic hydroxyl groups is 1. The van der Waals surface area contributed by atoms with Gasteiger partial charge in [0.15, 0.2) is 0 Å². The Labute approximate surface area is 329 Å². The van der Waals surface area contributed by atoms with Gasteiger partial charge in [0.2, 0.25) is 5.91 Å². The second kappa shape index (κ2) is 37.1. The number of phosphoric acid groups is 1. The molecule has 0 aliphatic carbocycles. The van der Waals surface area contributed by atoms with E-state index in [0.717, 1.165) is 38.5 Å². The summed E-state index contributed by atoms with van der Waals surface area (Å²) in [6.07, 6.45) is 40.7. The SMILES string of the molecule is CCCCCCCCCCCCCCCCCCCCCCCCCCCCCCC(O)C(COP(=O)([O-])OCC[N+](C)(C)C)NC(=O)CCCCC. The van der Waals surface area contributed by atoms with Gasteiger partial charge in [0.1, 0.15) is 13.2 Å². The van der Waals surface area contributed by atoms with E-state index >= 15 is 0 Å². The van der Waals surface area contributed by atoms with E-state index in [9.17, 15) is 19.4 Å². The summed E-state index contributed by atoms with van der Waals surface area (Å²) in [5.41, 5.74) is 0. The van der Waals surface area contributed by atoms with Crippen LogP contribution in [0.4, 0.5) is 0 Å². The van der Waals surface area contributed by atoms with Crippen LogP contribution in [-0.4, -0.2) is 68.5 Å². The average molecular weight is 775 g/mol. The number of hydrogen-bond donors (Lipinski definition) is 2. The van der Waals surface area contributed by atoms with Crippen LogP contribution in [0.1, 0.15) is 226 Å². The maximum absolute atomic E-state index is 12.5. The molecule has 0 aliphatic heterocycles. The van der Waals surface area contributed by atoms with Crippen molar-refractivity contribution in [2.24, 2.45) is 0 Å². The van der Waals surface area contributed by atoms with E-state index in [-0.39, 0.29) is 19.1 Å². The van der Waals surface area contributed by atoms with Gasteiger partial charge in [-0.1, -0.05) is 206 Å². The van der Waals surface area contributed by atoms with Crippen LogP contribution in [0.3, 0.4) is 0 Å². The Bertz CT molecular complexity index is 839. The highest BCUT2D eigenvalue weighted by molar-refractivity contribution is 7.45. The normalized spacial score (nSPS) is 14.3. The summed E-state index contributed by atoms with van der Waals surface area (Å²) >= 11 is 0. The monoisotopic (exact) mass is 775 g/mol. The summed E-state index contributed by atoms with van der Waals surface area (Å²) in [6, 6.07) is -0.790. The van der Waals surface area contributed by atoms with Gasteiger partial charge in [-0.05, 0) is 12.8 Å². The number of carbonyl (C=O) groups is 1. The predicted molar refractivity (Wildman–Crippen MR) is 224 cm³/mol. The third kappa shape index (κ3) is 39.5. The van der Waals surface area contributed by atoms with E-state index in [0.29, 0.717) is 23.9 Å². The van der Waals surface area contributed by atoms with E-state index in [4.69, 9.17) is 9.05 Å². The second-order valence-corrected chi connectivity index (χ2v) is 18.5. The molecule has 0 aromatic rings. The van der Waals surface area contributed by atoms with Crippen molar-refractivity contribution >= 4 is 13.7 Å². The molecule has 8 nitrogen and oxygen atoms in total. The lowest BCUT2D eigenvalue weighted by Gasteiger charge is -2.30. The maximum atomic E-state index is 12.5. The molecule has 0 aromatic carbocycles. The van der Waals surface area contributed by atoms with Crippen LogP contribution in [0.5, 0.6) is 0 Å². The number of quaternary nitrogens is 1. The maximum Gasteiger partial charge on any atom is 0.268 e. The number of nitrogens with one attached hydrogen (secondary N) is 1. The molecule has 0 spiro atoms. The fraction of sp³-hybridized carbons (Fsp3) is 0.977. The Morgan fingerprint density at radius 1 is 0.585 bits per heavy atom. The number of nitrogens with zero attached hydrogens (tertiary/aromatic N) is 1. The van der Waals surface area contributed by atoms with Crippen molar-refractivity contribution in [1.82, 2.24) is 5.32 Å². The van der Waals surface area contributed by atoms with Crippen molar-refractivity contribution in [3.05, 3.63) is 0 Å². The lowest BCUT2D eigenvalue weighted by atomic mass is 10.0. The molecule has 9 heteroatoms. The smallest absolute Gasteiger partial charge is 0.268 e. The van der Waals surface area contributed by atoms with Crippen molar-refractivity contribution in [1.29, 1.82) is 0 Å². The molecule has 0 rings (SSSR count). The number of hydrogen-bond acceptors (Lipinski definition) is 6. The minimum Gasteiger partial charge on any atom is -0.756 e. The van der Waals surface area contributed by atoms with Crippen LogP contribution in [0.2, 0.25) is 0 Å². The van der Waals surface area contributed by atoms with Crippen LogP contribution >= 0.6 is 7.82 Å². The Morgan fingerprint density at radius 3 is 1.28 bits per heavy atom. The fourth-order valence-corrected chi connectivity index (χ4v) is 7.65. The van der Waals surface area contributed by atoms with Gasteiger partial charge >= 0.3 is 0 Å². The second-order valence-electron chi connectivity index (χ2n) is 17.1. The van der Waals surface area contributed by atoms with Crippen LogP contribution in [0.15, 0.2) is 0 Å². The summed E-state index contributed by atoms with van der Waals surface area (Å²) in [4.78, 5) is 24.8. The van der Waals surface area contributed by atoms with Crippen molar-refractivity contribution in [3.63, 3.8) is 0 Å². The molecule has 0 aliphatic rings. The van der Waals surface area contributed by atoms with Crippen molar-refractivity contribution in [2.45, 2.75) is 238 Å². The van der Waals surface area contributed by atoms with Gasteiger partial charge in [-0.15, -0.1) is 0 Å². The molecule has 0 radical (unpaired) electrons. The first-order valence-corrected chi connectivity index (χ1v) is 24.3. The molecule has 0 heterocycles. The molecule has 3 atom stereocenters. The fourth-order valence-electron chi connectivity index (χ4n) is 6.92. The molecular formula is C44H91N2O6P. The summed E-state index contributed by atoms with van der Waals surface area (Å²) in [7, 11) is 1.31. The first-order valence-electron chi connectivity index (χ1n) is 22.9. The van der Waals surface area contributed by atoms with Crippen LogP contribution in [-0.2, 0) is 18.4 Å². The van der Waals surface area contributed by atoms with Crippen LogP contribution in [0, 0.1) is 0 Å². The summed E-state index contributed by atoms with van der Waals surface area (Å²) in [5, 5.41) is 13.7. The lowest BCUT2D eigenvalue weighted by Crippen LogP contribution is -2.46. The predicted octanol–water partition coefficient (Wildman–Crippen LogP) is 12.0. The molecular weight excluding hydrogens is 683 g/mol. The number of unbranched alkanes of at least 4 members (excludes halogenated alkanes) is 29. The van der Waals surface area contributed by atoms with Gasteiger partial charge in [-0.3, -0.25) is 9.36 Å². The van der Waals surface area contributed by atoms with E-state index in [1.807, 2.05) is 21.1 Å². The number of aliphatic hydroxyl groups excluding tert-OH is 1. The number of likely N-dealkylation sites (N-methyl/N-ethyl adjacent to an activating group) is 1. The third-order valence-electron chi connectivity index (χ3n) is 10.6. The first kappa shape index (κ1) is 52.5. The minimum atomic E-state index is -4.54. The zero-order valence-electron chi connectivity index (χ0n) is 36.0. The topological polar surface area (TPSA) is 108 Å². The molecule has 1 amide bonds. The van der Waals surface area contributed by atoms with Gasteiger partial charge in [0, 0.05) is 6.42 Å². The van der Waals surface area contributed by atoms with Crippen LogP contribution in [0.25, 0.3) is 0 Å². The number of phosphoric ester groups is 1. The van der Waals surface area contributed by atoms with E-state index in [1.54, 1.807) is 0 Å². The standard InChI is InChI=1S/C44H91N2O6P/c1-6-8-10-11-12-13-14-15-16-17-18-19-20-21-22-23-24-25-26-27-28-29-30-31-32-33-34-36-37-43(47)42(45-44(48)38-35-9-7-2)41-52-53(49,50)51-40-39-46(3,4)5/h42-43,47H,6-41H2,1-5H3,(H-,45,48,49,50). The Morgan fingerprint density at radius 2 is 0.925 bits per heavy atom. The molecule has 2 N–H and O–H groups in total. The Kier molecular flexibility index (Phi) is 36.7. The van der Waals surface area contributed by atoms with Crippen molar-refractivity contribution < 1.29 is 32.9 Å². The van der Waals surface area contributed by atoms with Gasteiger partial charge < -0.3 is 28.8 Å². The Balaban J connectivity index is 3.80. The largest absolute Gasteiger partial charge is 0.756 e. The molecule has 0 saturated heterocycles. The number of carbonyl (C=O) groups excluding carboxylic acids is 1. The minimum absolute atomic E-state index is 0.0144. The lowest BCUT2D eigenvalue weighted by molar-refractivity contribution is -0.870. The van der Waals surface area contributed by atoms with Crippen molar-refractivity contribution in [2.75, 3.05) is 40.9 Å². The average Bonchev–Trinajstić information content (AvgIpc) is 3.10. The zero-order valence-corrected chi connectivity index (χ0v) is 36.9. The quantitative estimate of drug-likeness (QED) is 0.0363. The van der Waals surface area contributed by atoms with Gasteiger partial charge in [-0.2, -0.15) is 0 Å². The van der Waals surface area contributed by atoms with Crippen LogP contribution < -0.4 is 10.2 Å². The molecule has 0 saturated carbocycles. The first-order chi connectivity index (χ1) is 25.5. The molecule has 0 aromatic heterocycles. The third-order valence-corrected chi connectivity index (χ3v) is 11.6. The van der Waals surface area contributed by atoms with Gasteiger partial charge in [0.25, 0.3) is 7.82 Å². The summed E-state index contributed by atoms with van der Waals surface area (Å²) in [6.45, 7) is 4.56. The zero-order chi connectivity index (χ0) is 39.3. The highest BCUT2D eigenvalue weighted by Gasteiger charge is 2.24.